The van der Waals surface area contributed by atoms with Gasteiger partial charge in [-0.2, -0.15) is 0 Å². The minimum absolute atomic E-state index is 0.156. The van der Waals surface area contributed by atoms with Crippen LogP contribution in [0.3, 0.4) is 0 Å². The van der Waals surface area contributed by atoms with E-state index >= 15 is 0 Å². The first kappa shape index (κ1) is 21.4. The van der Waals surface area contributed by atoms with Crippen LogP contribution in [0.1, 0.15) is 23.6 Å². The number of carbonyl (C=O) groups is 1. The van der Waals surface area contributed by atoms with Crippen LogP contribution in [-0.2, 0) is 17.8 Å². The number of rotatable bonds is 5. The molecular formula is C27H22ClN3OS. The Bertz CT molecular complexity index is 1390. The number of para-hydroxylation sites is 2. The zero-order valence-corrected chi connectivity index (χ0v) is 19.7. The highest BCUT2D eigenvalue weighted by Gasteiger charge is 2.32. The number of aryl methyl sites for hydroxylation is 1. The molecule has 164 valence electrons. The molecule has 1 amide bonds. The van der Waals surface area contributed by atoms with Crippen molar-refractivity contribution in [3.05, 3.63) is 106 Å². The van der Waals surface area contributed by atoms with E-state index in [1.807, 2.05) is 60.7 Å². The van der Waals surface area contributed by atoms with E-state index in [0.717, 1.165) is 33.6 Å². The highest BCUT2D eigenvalue weighted by Crippen LogP contribution is 2.29. The minimum atomic E-state index is -0.156. The third-order valence-electron chi connectivity index (χ3n) is 5.85. The summed E-state index contributed by atoms with van der Waals surface area (Å²) >= 11 is 11.5. The van der Waals surface area contributed by atoms with Crippen molar-refractivity contribution in [3.8, 4) is 0 Å². The second kappa shape index (κ2) is 8.85. The second-order valence-corrected chi connectivity index (χ2v) is 8.79. The smallest absolute Gasteiger partial charge is 0.281 e. The van der Waals surface area contributed by atoms with E-state index in [1.54, 1.807) is 0 Å². The molecule has 1 fully saturated rings. The van der Waals surface area contributed by atoms with Gasteiger partial charge in [0.25, 0.3) is 5.91 Å². The molecule has 0 bridgehead atoms. The molecule has 1 saturated heterocycles. The maximum absolute atomic E-state index is 13.2. The molecule has 0 unspecified atom stereocenters. The zero-order chi connectivity index (χ0) is 22.9. The van der Waals surface area contributed by atoms with Gasteiger partial charge < -0.3 is 9.88 Å². The standard InChI is InChI=1S/C27H22ClN3OS/c1-2-19-7-6-10-23-20(17-30(25(19)23)16-18-11-13-21(28)14-12-18)15-24-26(32)31(27(33)29-24)22-8-4-3-5-9-22/h3-15,17H,2,16H2,1H3,(H,29,33)/b24-15-. The summed E-state index contributed by atoms with van der Waals surface area (Å²) in [7, 11) is 0. The van der Waals surface area contributed by atoms with E-state index in [1.165, 1.54) is 16.0 Å². The Morgan fingerprint density at radius 1 is 1.00 bits per heavy atom. The molecule has 4 nitrogen and oxygen atoms in total. The van der Waals surface area contributed by atoms with E-state index in [-0.39, 0.29) is 5.91 Å². The lowest BCUT2D eigenvalue weighted by atomic mass is 10.1. The number of halogens is 1. The molecule has 0 saturated carbocycles. The van der Waals surface area contributed by atoms with Crippen molar-refractivity contribution in [2.75, 3.05) is 4.90 Å². The highest BCUT2D eigenvalue weighted by molar-refractivity contribution is 7.80. The maximum atomic E-state index is 13.2. The van der Waals surface area contributed by atoms with Gasteiger partial charge in [0.1, 0.15) is 5.70 Å². The van der Waals surface area contributed by atoms with Gasteiger partial charge in [0, 0.05) is 28.7 Å². The molecule has 0 aliphatic carbocycles. The van der Waals surface area contributed by atoms with Crippen molar-refractivity contribution >= 4 is 57.5 Å². The maximum Gasteiger partial charge on any atom is 0.281 e. The summed E-state index contributed by atoms with van der Waals surface area (Å²) in [5.74, 6) is -0.156. The quantitative estimate of drug-likeness (QED) is 0.279. The number of nitrogens with one attached hydrogen (secondary N) is 1. The van der Waals surface area contributed by atoms with Crippen LogP contribution in [0.4, 0.5) is 5.69 Å². The van der Waals surface area contributed by atoms with Gasteiger partial charge in [-0.25, -0.2) is 0 Å². The number of aromatic nitrogens is 1. The van der Waals surface area contributed by atoms with E-state index < -0.39 is 0 Å². The van der Waals surface area contributed by atoms with Crippen LogP contribution in [0.15, 0.2) is 84.7 Å². The number of nitrogens with zero attached hydrogens (tertiary/aromatic N) is 2. The van der Waals surface area contributed by atoms with Crippen LogP contribution in [0.2, 0.25) is 5.02 Å². The average molecular weight is 472 g/mol. The summed E-state index contributed by atoms with van der Waals surface area (Å²) < 4.78 is 2.25. The number of hydrogen-bond donors (Lipinski definition) is 1. The molecule has 0 spiro atoms. The molecule has 2 heterocycles. The first-order valence-corrected chi connectivity index (χ1v) is 11.6. The predicted molar refractivity (Wildman–Crippen MR) is 140 cm³/mol. The Balaban J connectivity index is 1.57. The van der Waals surface area contributed by atoms with Crippen LogP contribution in [0.25, 0.3) is 17.0 Å². The predicted octanol–water partition coefficient (Wildman–Crippen LogP) is 6.17. The topological polar surface area (TPSA) is 37.3 Å². The molecule has 0 radical (unpaired) electrons. The van der Waals surface area contributed by atoms with Gasteiger partial charge in [0.2, 0.25) is 0 Å². The Morgan fingerprint density at radius 3 is 2.48 bits per heavy atom. The van der Waals surface area contributed by atoms with Crippen molar-refractivity contribution in [2.24, 2.45) is 0 Å². The molecule has 33 heavy (non-hydrogen) atoms. The number of benzene rings is 3. The average Bonchev–Trinajstić information content (AvgIpc) is 3.32. The summed E-state index contributed by atoms with van der Waals surface area (Å²) in [6, 6.07) is 23.7. The molecule has 0 atom stereocenters. The van der Waals surface area contributed by atoms with Gasteiger partial charge in [-0.15, -0.1) is 0 Å². The molecule has 1 N–H and O–H groups in total. The van der Waals surface area contributed by atoms with Gasteiger partial charge in [-0.1, -0.05) is 67.1 Å². The molecule has 6 heteroatoms. The first-order valence-electron chi connectivity index (χ1n) is 10.8. The SMILES string of the molecule is CCc1cccc2c(/C=C3\NC(=S)N(c4ccccc4)C3=O)cn(Cc3ccc(Cl)cc3)c12. The van der Waals surface area contributed by atoms with Gasteiger partial charge in [0.05, 0.1) is 11.2 Å². The fourth-order valence-corrected chi connectivity index (χ4v) is 4.70. The number of amides is 1. The molecule has 4 aromatic rings. The third-order valence-corrected chi connectivity index (χ3v) is 6.39. The Labute approximate surface area is 203 Å². The normalized spacial score (nSPS) is 15.0. The monoisotopic (exact) mass is 471 g/mol. The molecule has 3 aromatic carbocycles. The van der Waals surface area contributed by atoms with Crippen LogP contribution >= 0.6 is 23.8 Å². The number of anilines is 1. The lowest BCUT2D eigenvalue weighted by molar-refractivity contribution is -0.113. The number of fused-ring (bicyclic) bond motifs is 1. The van der Waals surface area contributed by atoms with Crippen LogP contribution in [0.5, 0.6) is 0 Å². The van der Waals surface area contributed by atoms with Crippen LogP contribution < -0.4 is 10.2 Å². The van der Waals surface area contributed by atoms with Gasteiger partial charge >= 0.3 is 0 Å². The molecule has 1 aromatic heterocycles. The zero-order valence-electron chi connectivity index (χ0n) is 18.1. The van der Waals surface area contributed by atoms with Crippen molar-refractivity contribution in [2.45, 2.75) is 19.9 Å². The van der Waals surface area contributed by atoms with Crippen LogP contribution in [-0.4, -0.2) is 15.6 Å². The Morgan fingerprint density at radius 2 is 1.76 bits per heavy atom. The van der Waals surface area contributed by atoms with E-state index in [2.05, 4.69) is 41.2 Å². The van der Waals surface area contributed by atoms with Crippen molar-refractivity contribution < 1.29 is 4.79 Å². The van der Waals surface area contributed by atoms with Gasteiger partial charge in [0.15, 0.2) is 5.11 Å². The van der Waals surface area contributed by atoms with Crippen LogP contribution in [0, 0.1) is 0 Å². The number of hydrogen-bond acceptors (Lipinski definition) is 2. The molecule has 1 aliphatic heterocycles. The van der Waals surface area contributed by atoms with Crippen molar-refractivity contribution in [1.29, 1.82) is 0 Å². The Hall–Kier alpha value is -3.41. The lowest BCUT2D eigenvalue weighted by Crippen LogP contribution is -2.30. The lowest BCUT2D eigenvalue weighted by Gasteiger charge is -2.13. The molecular weight excluding hydrogens is 450 g/mol. The summed E-state index contributed by atoms with van der Waals surface area (Å²) in [5, 5.41) is 5.32. The molecule has 5 rings (SSSR count). The summed E-state index contributed by atoms with van der Waals surface area (Å²) in [5.41, 5.74) is 5.79. The fourth-order valence-electron chi connectivity index (χ4n) is 4.28. The fraction of sp³-hybridized carbons (Fsp3) is 0.111. The minimum Gasteiger partial charge on any atom is -0.342 e. The van der Waals surface area contributed by atoms with Gasteiger partial charge in [-0.05, 0) is 60.1 Å². The second-order valence-electron chi connectivity index (χ2n) is 7.97. The van der Waals surface area contributed by atoms with Gasteiger partial charge in [-0.3, -0.25) is 9.69 Å². The summed E-state index contributed by atoms with van der Waals surface area (Å²) in [6.45, 7) is 2.87. The first-order chi connectivity index (χ1) is 16.0. The van der Waals surface area contributed by atoms with E-state index in [0.29, 0.717) is 17.4 Å². The van der Waals surface area contributed by atoms with Crippen molar-refractivity contribution in [1.82, 2.24) is 9.88 Å². The summed E-state index contributed by atoms with van der Waals surface area (Å²) in [4.78, 5) is 14.7. The largest absolute Gasteiger partial charge is 0.342 e. The number of thiocarbonyl (C=S) groups is 1. The summed E-state index contributed by atoms with van der Waals surface area (Å²) in [6.07, 6.45) is 4.92. The Kier molecular flexibility index (Phi) is 5.75. The van der Waals surface area contributed by atoms with Crippen molar-refractivity contribution in [3.63, 3.8) is 0 Å². The van der Waals surface area contributed by atoms with E-state index in [4.69, 9.17) is 23.8 Å². The number of carbonyl (C=O) groups excluding carboxylic acids is 1. The molecule has 1 aliphatic rings. The van der Waals surface area contributed by atoms with E-state index in [9.17, 15) is 4.79 Å². The highest BCUT2D eigenvalue weighted by atomic mass is 35.5. The third kappa shape index (κ3) is 4.06.